The van der Waals surface area contributed by atoms with Crippen LogP contribution in [0.3, 0.4) is 0 Å². The van der Waals surface area contributed by atoms with Gasteiger partial charge in [-0.2, -0.15) is 0 Å². The van der Waals surface area contributed by atoms with Crippen LogP contribution in [0.15, 0.2) is 0 Å². The molecule has 3 N–H and O–H groups in total. The Morgan fingerprint density at radius 2 is 1.75 bits per heavy atom. The Kier molecular flexibility index (Phi) is 3.29. The van der Waals surface area contributed by atoms with E-state index in [1.54, 1.807) is 0 Å². The van der Waals surface area contributed by atoms with Crippen molar-refractivity contribution in [3.63, 3.8) is 0 Å². The lowest BCUT2D eigenvalue weighted by Crippen LogP contribution is -2.61. The van der Waals surface area contributed by atoms with Gasteiger partial charge in [-0.05, 0) is 47.2 Å². The number of likely N-dealkylation sites (N-methyl/N-ethyl adjacent to an activating group) is 1. The Morgan fingerprint density at radius 3 is 2.08 bits per heavy atom. The van der Waals surface area contributed by atoms with Gasteiger partial charge in [-0.15, -0.1) is 0 Å². The molecule has 0 aromatic rings. The molecule has 74 valence electrons. The molecule has 0 saturated carbocycles. The normalized spacial score (nSPS) is 35.8. The zero-order valence-electron chi connectivity index (χ0n) is 8.52. The summed E-state index contributed by atoms with van der Waals surface area (Å²) in [5, 5.41) is 10.0. The molecule has 0 aromatic heterocycles. The molecule has 3 nitrogen and oxygen atoms in total. The van der Waals surface area contributed by atoms with Crippen LogP contribution in [-0.4, -0.2) is 40.2 Å². The number of piperidine rings is 1. The number of likely N-dealkylation sites (tertiary alicyclic amines) is 1. The summed E-state index contributed by atoms with van der Waals surface area (Å²) in [6.07, 6.45) is 2.03. The zero-order chi connectivity index (χ0) is 8.70. The molecule has 0 spiro atoms. The van der Waals surface area contributed by atoms with Gasteiger partial charge < -0.3 is 10.6 Å². The van der Waals surface area contributed by atoms with Gasteiger partial charge in [-0.1, -0.05) is 0 Å². The van der Waals surface area contributed by atoms with Crippen molar-refractivity contribution in [1.29, 1.82) is 0 Å². The molecule has 0 radical (unpaired) electrons. The first kappa shape index (κ1) is 11.9. The van der Waals surface area contributed by atoms with Gasteiger partial charge in [0, 0.05) is 5.54 Å². The second kappa shape index (κ2) is 3.32. The summed E-state index contributed by atoms with van der Waals surface area (Å²) in [5.74, 6) is 0. The van der Waals surface area contributed by atoms with Crippen molar-refractivity contribution in [2.45, 2.75) is 44.8 Å². The summed E-state index contributed by atoms with van der Waals surface area (Å²) in [6.45, 7) is 7.24. The fourth-order valence-electron chi connectivity index (χ4n) is 1.66. The zero-order valence-corrected chi connectivity index (χ0v) is 8.52. The summed E-state index contributed by atoms with van der Waals surface area (Å²) in [5.41, 5.74) is -0.606. The fourth-order valence-corrected chi connectivity index (χ4v) is 1.66. The van der Waals surface area contributed by atoms with Crippen LogP contribution in [0.25, 0.3) is 0 Å². The Balaban J connectivity index is 0.00000121. The van der Waals surface area contributed by atoms with Crippen molar-refractivity contribution in [3.8, 4) is 0 Å². The quantitative estimate of drug-likeness (QED) is 0.580. The van der Waals surface area contributed by atoms with E-state index in [2.05, 4.69) is 25.8 Å². The molecule has 3 heteroatoms. The van der Waals surface area contributed by atoms with Crippen LogP contribution in [0, 0.1) is 0 Å². The van der Waals surface area contributed by atoms with E-state index in [4.69, 9.17) is 0 Å². The third-order valence-electron chi connectivity index (χ3n) is 3.43. The summed E-state index contributed by atoms with van der Waals surface area (Å²) in [6, 6.07) is 0. The van der Waals surface area contributed by atoms with E-state index in [1.807, 2.05) is 6.92 Å². The van der Waals surface area contributed by atoms with E-state index in [9.17, 15) is 5.11 Å². The first-order valence-corrected chi connectivity index (χ1v) is 4.31. The molecule has 1 fully saturated rings. The van der Waals surface area contributed by atoms with Crippen molar-refractivity contribution in [2.75, 3.05) is 13.6 Å². The van der Waals surface area contributed by atoms with Crippen molar-refractivity contribution < 1.29 is 10.6 Å². The average molecular weight is 175 g/mol. The molecule has 1 unspecified atom stereocenters. The van der Waals surface area contributed by atoms with Crippen molar-refractivity contribution >= 4 is 0 Å². The van der Waals surface area contributed by atoms with Gasteiger partial charge in [0.05, 0.1) is 5.60 Å². The lowest BCUT2D eigenvalue weighted by molar-refractivity contribution is -0.106. The average Bonchev–Trinajstić information content (AvgIpc) is 1.84. The summed E-state index contributed by atoms with van der Waals surface area (Å²) in [7, 11) is 2.08. The summed E-state index contributed by atoms with van der Waals surface area (Å²) < 4.78 is 0. The molecule has 1 saturated heterocycles. The molecule has 1 rings (SSSR count). The topological polar surface area (TPSA) is 55.0 Å². The number of rotatable bonds is 0. The fraction of sp³-hybridized carbons (Fsp3) is 1.00. The van der Waals surface area contributed by atoms with Gasteiger partial charge in [-0.25, -0.2) is 0 Å². The maximum absolute atomic E-state index is 10.0. The van der Waals surface area contributed by atoms with Crippen molar-refractivity contribution in [3.05, 3.63) is 0 Å². The Bertz CT molecular complexity index is 155. The molecule has 1 aliphatic rings. The van der Waals surface area contributed by atoms with Gasteiger partial charge >= 0.3 is 0 Å². The van der Waals surface area contributed by atoms with E-state index in [0.29, 0.717) is 0 Å². The van der Waals surface area contributed by atoms with Gasteiger partial charge in [0.25, 0.3) is 0 Å². The Hall–Kier alpha value is -0.120. The van der Waals surface area contributed by atoms with E-state index in [-0.39, 0.29) is 11.0 Å². The summed E-state index contributed by atoms with van der Waals surface area (Å²) >= 11 is 0. The standard InChI is InChI=1S/C9H19NO.H2O/c1-8(2)9(3,11)6-5-7-10(8)4;/h11H,5-7H2,1-4H3;1H2. The van der Waals surface area contributed by atoms with Crippen LogP contribution in [0.5, 0.6) is 0 Å². The highest BCUT2D eigenvalue weighted by Crippen LogP contribution is 2.35. The van der Waals surface area contributed by atoms with Crippen LogP contribution < -0.4 is 0 Å². The third kappa shape index (κ3) is 1.63. The lowest BCUT2D eigenvalue weighted by Gasteiger charge is -2.50. The second-order valence-electron chi connectivity index (χ2n) is 4.36. The van der Waals surface area contributed by atoms with E-state index in [1.165, 1.54) is 0 Å². The van der Waals surface area contributed by atoms with Crippen LogP contribution in [-0.2, 0) is 0 Å². The minimum absolute atomic E-state index is 0. The van der Waals surface area contributed by atoms with E-state index in [0.717, 1.165) is 19.4 Å². The molecule has 0 aliphatic carbocycles. The molecular weight excluding hydrogens is 154 g/mol. The maximum Gasteiger partial charge on any atom is 0.0797 e. The molecule has 1 aliphatic heterocycles. The monoisotopic (exact) mass is 175 g/mol. The van der Waals surface area contributed by atoms with Gasteiger partial charge in [0.15, 0.2) is 0 Å². The molecule has 0 aromatic carbocycles. The van der Waals surface area contributed by atoms with Crippen LogP contribution in [0.1, 0.15) is 33.6 Å². The summed E-state index contributed by atoms with van der Waals surface area (Å²) in [4.78, 5) is 2.23. The third-order valence-corrected chi connectivity index (χ3v) is 3.43. The van der Waals surface area contributed by atoms with Crippen molar-refractivity contribution in [1.82, 2.24) is 4.90 Å². The molecule has 12 heavy (non-hydrogen) atoms. The smallest absolute Gasteiger partial charge is 0.0797 e. The van der Waals surface area contributed by atoms with Gasteiger partial charge in [-0.3, -0.25) is 4.90 Å². The lowest BCUT2D eigenvalue weighted by atomic mass is 9.76. The van der Waals surface area contributed by atoms with Gasteiger partial charge in [0.1, 0.15) is 0 Å². The number of aliphatic hydroxyl groups is 1. The minimum atomic E-state index is -0.528. The second-order valence-corrected chi connectivity index (χ2v) is 4.36. The largest absolute Gasteiger partial charge is 0.412 e. The Labute approximate surface area is 74.7 Å². The highest BCUT2D eigenvalue weighted by Gasteiger charge is 2.44. The maximum atomic E-state index is 10.0. The molecule has 0 bridgehead atoms. The Morgan fingerprint density at radius 1 is 1.25 bits per heavy atom. The van der Waals surface area contributed by atoms with Crippen LogP contribution in [0.4, 0.5) is 0 Å². The van der Waals surface area contributed by atoms with Crippen molar-refractivity contribution in [2.24, 2.45) is 0 Å². The number of hydrogen-bond acceptors (Lipinski definition) is 2. The predicted molar refractivity (Wildman–Crippen MR) is 50.2 cm³/mol. The SMILES string of the molecule is CN1CCCC(C)(O)C1(C)C.O. The van der Waals surface area contributed by atoms with Gasteiger partial charge in [0.2, 0.25) is 0 Å². The highest BCUT2D eigenvalue weighted by atomic mass is 16.3. The molecular formula is C9H21NO2. The molecule has 1 heterocycles. The molecule has 0 amide bonds. The van der Waals surface area contributed by atoms with E-state index >= 15 is 0 Å². The number of nitrogens with zero attached hydrogens (tertiary/aromatic N) is 1. The van der Waals surface area contributed by atoms with Crippen LogP contribution in [0.2, 0.25) is 0 Å². The number of hydrogen-bond donors (Lipinski definition) is 1. The first-order valence-electron chi connectivity index (χ1n) is 4.31. The highest BCUT2D eigenvalue weighted by molar-refractivity contribution is 5.00. The molecule has 1 atom stereocenters. The first-order chi connectivity index (χ1) is 4.88. The predicted octanol–water partition coefficient (Wildman–Crippen LogP) is 0.417. The van der Waals surface area contributed by atoms with E-state index < -0.39 is 5.60 Å². The van der Waals surface area contributed by atoms with Crippen LogP contribution >= 0.6 is 0 Å². The minimum Gasteiger partial charge on any atom is -0.412 e.